The fourth-order valence-corrected chi connectivity index (χ4v) is 2.92. The van der Waals surface area contributed by atoms with Gasteiger partial charge in [0.15, 0.2) is 0 Å². The third-order valence-corrected chi connectivity index (χ3v) is 4.10. The highest BCUT2D eigenvalue weighted by Crippen LogP contribution is 2.42. The minimum Gasteiger partial charge on any atom is -0.497 e. The van der Waals surface area contributed by atoms with Crippen molar-refractivity contribution in [2.45, 2.75) is 24.8 Å². The van der Waals surface area contributed by atoms with E-state index in [4.69, 9.17) is 25.8 Å². The van der Waals surface area contributed by atoms with Crippen molar-refractivity contribution < 1.29 is 14.2 Å². The molecule has 0 aromatic heterocycles. The molecule has 1 fully saturated rings. The molecular formula is C14H19ClO3. The summed E-state index contributed by atoms with van der Waals surface area (Å²) < 4.78 is 16.2. The second-order valence-electron chi connectivity index (χ2n) is 4.54. The molecule has 3 unspecified atom stereocenters. The maximum atomic E-state index is 6.60. The van der Waals surface area contributed by atoms with Crippen LogP contribution < -0.4 is 9.47 Å². The first-order valence-electron chi connectivity index (χ1n) is 6.15. The molecule has 0 amide bonds. The van der Waals surface area contributed by atoms with Gasteiger partial charge < -0.3 is 14.2 Å². The molecule has 1 aliphatic rings. The van der Waals surface area contributed by atoms with Crippen LogP contribution in [0.3, 0.4) is 0 Å². The van der Waals surface area contributed by atoms with Crippen LogP contribution in [0.1, 0.15) is 24.3 Å². The van der Waals surface area contributed by atoms with E-state index in [-0.39, 0.29) is 11.5 Å². The van der Waals surface area contributed by atoms with Gasteiger partial charge in [-0.05, 0) is 31.5 Å². The third-order valence-electron chi connectivity index (χ3n) is 3.54. The van der Waals surface area contributed by atoms with Gasteiger partial charge in [-0.2, -0.15) is 0 Å². The van der Waals surface area contributed by atoms with Gasteiger partial charge >= 0.3 is 0 Å². The van der Waals surface area contributed by atoms with E-state index in [0.29, 0.717) is 5.92 Å². The minimum atomic E-state index is -0.118. The van der Waals surface area contributed by atoms with Gasteiger partial charge in [0.05, 0.1) is 25.7 Å². The maximum Gasteiger partial charge on any atom is 0.123 e. The summed E-state index contributed by atoms with van der Waals surface area (Å²) >= 11 is 6.60. The lowest BCUT2D eigenvalue weighted by molar-refractivity contribution is 0.104. The fraction of sp³-hybridized carbons (Fsp3) is 0.571. The summed E-state index contributed by atoms with van der Waals surface area (Å²) in [6, 6.07) is 5.71. The van der Waals surface area contributed by atoms with Gasteiger partial charge in [-0.15, -0.1) is 11.6 Å². The molecule has 18 heavy (non-hydrogen) atoms. The van der Waals surface area contributed by atoms with Gasteiger partial charge in [-0.1, -0.05) is 0 Å². The molecule has 100 valence electrons. The standard InChI is InChI=1S/C14H19ClO3/c1-9-11(6-7-18-9)14(15)12-8-10(16-2)4-5-13(12)17-3/h4-5,8-9,11,14H,6-7H2,1-3H3. The van der Waals surface area contributed by atoms with Crippen LogP contribution >= 0.6 is 11.6 Å². The Labute approximate surface area is 113 Å². The normalized spacial score (nSPS) is 24.9. The number of rotatable bonds is 4. The second kappa shape index (κ2) is 5.81. The van der Waals surface area contributed by atoms with Crippen molar-refractivity contribution in [3.63, 3.8) is 0 Å². The molecule has 1 heterocycles. The van der Waals surface area contributed by atoms with Gasteiger partial charge in [-0.3, -0.25) is 0 Å². The minimum absolute atomic E-state index is 0.118. The Hall–Kier alpha value is -0.930. The lowest BCUT2D eigenvalue weighted by Gasteiger charge is -2.22. The Morgan fingerprint density at radius 1 is 1.33 bits per heavy atom. The molecular weight excluding hydrogens is 252 g/mol. The van der Waals surface area contributed by atoms with Crippen molar-refractivity contribution in [3.05, 3.63) is 23.8 Å². The van der Waals surface area contributed by atoms with Gasteiger partial charge in [0.2, 0.25) is 0 Å². The lowest BCUT2D eigenvalue weighted by Crippen LogP contribution is -2.17. The molecule has 0 N–H and O–H groups in total. The largest absolute Gasteiger partial charge is 0.497 e. The summed E-state index contributed by atoms with van der Waals surface area (Å²) in [6.07, 6.45) is 1.17. The van der Waals surface area contributed by atoms with E-state index in [9.17, 15) is 0 Å². The first kappa shape index (κ1) is 13.5. The monoisotopic (exact) mass is 270 g/mol. The van der Waals surface area contributed by atoms with Crippen molar-refractivity contribution in [3.8, 4) is 11.5 Å². The Kier molecular flexibility index (Phi) is 4.36. The van der Waals surface area contributed by atoms with E-state index < -0.39 is 0 Å². The van der Waals surface area contributed by atoms with Gasteiger partial charge in [0.25, 0.3) is 0 Å². The molecule has 2 rings (SSSR count). The van der Waals surface area contributed by atoms with E-state index in [1.165, 1.54) is 0 Å². The lowest BCUT2D eigenvalue weighted by atomic mass is 9.92. The van der Waals surface area contributed by atoms with Crippen molar-refractivity contribution >= 4 is 11.6 Å². The molecule has 0 bridgehead atoms. The highest BCUT2D eigenvalue weighted by Gasteiger charge is 2.33. The number of halogens is 1. The summed E-state index contributed by atoms with van der Waals surface area (Å²) in [7, 11) is 3.31. The van der Waals surface area contributed by atoms with E-state index in [1.807, 2.05) is 18.2 Å². The summed E-state index contributed by atoms with van der Waals surface area (Å²) in [5, 5.41) is -0.118. The number of hydrogen-bond acceptors (Lipinski definition) is 3. The van der Waals surface area contributed by atoms with Crippen LogP contribution in [0.4, 0.5) is 0 Å². The van der Waals surface area contributed by atoms with Crippen molar-refractivity contribution in [1.82, 2.24) is 0 Å². The number of benzene rings is 1. The van der Waals surface area contributed by atoms with Crippen molar-refractivity contribution in [1.29, 1.82) is 0 Å². The first-order chi connectivity index (χ1) is 8.67. The molecule has 3 nitrogen and oxygen atoms in total. The van der Waals surface area contributed by atoms with Crippen molar-refractivity contribution in [2.24, 2.45) is 5.92 Å². The summed E-state index contributed by atoms with van der Waals surface area (Å²) in [5.74, 6) is 1.91. The predicted molar refractivity (Wildman–Crippen MR) is 71.7 cm³/mol. The van der Waals surface area contributed by atoms with Gasteiger partial charge in [-0.25, -0.2) is 0 Å². The van der Waals surface area contributed by atoms with Crippen LogP contribution in [0.2, 0.25) is 0 Å². The van der Waals surface area contributed by atoms with Gasteiger partial charge in [0, 0.05) is 18.1 Å². The highest BCUT2D eigenvalue weighted by atomic mass is 35.5. The number of hydrogen-bond donors (Lipinski definition) is 0. The van der Waals surface area contributed by atoms with Crippen LogP contribution in [-0.4, -0.2) is 26.9 Å². The molecule has 0 radical (unpaired) electrons. The average molecular weight is 271 g/mol. The van der Waals surface area contributed by atoms with E-state index >= 15 is 0 Å². The summed E-state index contributed by atoms with van der Waals surface area (Å²) in [4.78, 5) is 0. The van der Waals surface area contributed by atoms with Crippen LogP contribution in [0.25, 0.3) is 0 Å². The summed E-state index contributed by atoms with van der Waals surface area (Å²) in [5.41, 5.74) is 0.973. The van der Waals surface area contributed by atoms with Gasteiger partial charge in [0.1, 0.15) is 11.5 Å². The molecule has 1 aromatic rings. The van der Waals surface area contributed by atoms with Crippen LogP contribution in [0, 0.1) is 5.92 Å². The van der Waals surface area contributed by atoms with Crippen LogP contribution in [0.5, 0.6) is 11.5 Å². The highest BCUT2D eigenvalue weighted by molar-refractivity contribution is 6.21. The third kappa shape index (κ3) is 2.57. The number of ether oxygens (including phenoxy) is 3. The molecule has 0 aliphatic carbocycles. The molecule has 1 aliphatic heterocycles. The number of methoxy groups -OCH3 is 2. The SMILES string of the molecule is COc1ccc(OC)c(C(Cl)C2CCOC2C)c1. The Balaban J connectivity index is 2.29. The van der Waals surface area contributed by atoms with Crippen LogP contribution in [-0.2, 0) is 4.74 Å². The molecule has 0 saturated carbocycles. The second-order valence-corrected chi connectivity index (χ2v) is 5.01. The van der Waals surface area contributed by atoms with E-state index in [0.717, 1.165) is 30.1 Å². The van der Waals surface area contributed by atoms with E-state index in [2.05, 4.69) is 6.92 Å². The first-order valence-corrected chi connectivity index (χ1v) is 6.58. The predicted octanol–water partition coefficient (Wildman–Crippen LogP) is 3.41. The van der Waals surface area contributed by atoms with Crippen LogP contribution in [0.15, 0.2) is 18.2 Å². The smallest absolute Gasteiger partial charge is 0.123 e. The Bertz CT molecular complexity index is 408. The maximum absolute atomic E-state index is 6.60. The molecule has 4 heteroatoms. The molecule has 0 spiro atoms. The topological polar surface area (TPSA) is 27.7 Å². The molecule has 1 saturated heterocycles. The quantitative estimate of drug-likeness (QED) is 0.785. The molecule has 3 atom stereocenters. The molecule has 1 aromatic carbocycles. The Morgan fingerprint density at radius 2 is 2.11 bits per heavy atom. The Morgan fingerprint density at radius 3 is 2.67 bits per heavy atom. The fourth-order valence-electron chi connectivity index (χ4n) is 2.42. The zero-order valence-electron chi connectivity index (χ0n) is 11.0. The summed E-state index contributed by atoms with van der Waals surface area (Å²) in [6.45, 7) is 2.85. The zero-order valence-corrected chi connectivity index (χ0v) is 11.7. The van der Waals surface area contributed by atoms with Crippen molar-refractivity contribution in [2.75, 3.05) is 20.8 Å². The zero-order chi connectivity index (χ0) is 13.1. The van der Waals surface area contributed by atoms with E-state index in [1.54, 1.807) is 14.2 Å². The average Bonchev–Trinajstić information content (AvgIpc) is 2.83. The number of alkyl halides is 1.